The van der Waals surface area contributed by atoms with Crippen molar-refractivity contribution in [3.63, 3.8) is 0 Å². The highest BCUT2D eigenvalue weighted by Crippen LogP contribution is 1.90. The van der Waals surface area contributed by atoms with Crippen LogP contribution >= 0.6 is 12.0 Å². The first-order valence-corrected chi connectivity index (χ1v) is 1.52. The van der Waals surface area contributed by atoms with Crippen molar-refractivity contribution in [2.75, 3.05) is 0 Å². The second-order valence-electron chi connectivity index (χ2n) is 0.249. The Kier molecular flexibility index (Phi) is 3.58. The van der Waals surface area contributed by atoms with E-state index in [4.69, 9.17) is 10.5 Å². The minimum atomic E-state index is 0.324. The van der Waals surface area contributed by atoms with Crippen molar-refractivity contribution in [3.8, 4) is 5.40 Å². The van der Waals surface area contributed by atoms with Crippen molar-refractivity contribution in [1.29, 1.82) is 5.26 Å². The van der Waals surface area contributed by atoms with Gasteiger partial charge >= 0.3 is 0 Å². The van der Waals surface area contributed by atoms with Gasteiger partial charge < -0.3 is 0 Å². The Labute approximate surface area is 33.3 Å². The predicted molar refractivity (Wildman–Crippen MR) is 16.9 cm³/mol. The highest BCUT2D eigenvalue weighted by Gasteiger charge is 1.67. The minimum Gasteiger partial charge on any atom is -0.238 e. The molecule has 5 heavy (non-hydrogen) atoms. The summed E-state index contributed by atoms with van der Waals surface area (Å²) >= 11 is 0.324. The van der Waals surface area contributed by atoms with Crippen LogP contribution in [0.15, 0.2) is 0 Å². The van der Waals surface area contributed by atoms with Crippen LogP contribution in [0.1, 0.15) is 0 Å². The molecule has 0 radical (unpaired) electrons. The summed E-state index contributed by atoms with van der Waals surface area (Å²) in [6.07, 6.45) is 0. The molecule has 0 heterocycles. The molecule has 0 bridgehead atoms. The Balaban J connectivity index is 2.48. The second kappa shape index (κ2) is 3.76. The predicted octanol–water partition coefficient (Wildman–Crippen LogP) is 0.605. The molecule has 3 nitrogen and oxygen atoms in total. The third-order valence-electron chi connectivity index (χ3n) is 0.0745. The fourth-order valence-corrected chi connectivity index (χ4v) is 0.0500. The van der Waals surface area contributed by atoms with Gasteiger partial charge in [0.15, 0.2) is 5.40 Å². The van der Waals surface area contributed by atoms with E-state index >= 15 is 0 Å². The molecule has 28 valence electrons. The molecule has 0 aromatic heterocycles. The molecule has 0 spiro atoms. The number of nitriles is 1. The minimum absolute atomic E-state index is 0.324. The number of nitrogens with zero attached hydrogens (tertiary/aromatic N) is 1. The molecule has 0 aliphatic carbocycles. The Morgan fingerprint density at radius 1 is 2.00 bits per heavy atom. The molecule has 0 aliphatic rings. The Hall–Kier alpha value is -0.240. The number of hydrogen-bond donors (Lipinski definition) is 1. The van der Waals surface area contributed by atoms with Crippen molar-refractivity contribution in [1.82, 2.24) is 0 Å². The van der Waals surface area contributed by atoms with Gasteiger partial charge in [0, 0.05) is 0 Å². The van der Waals surface area contributed by atoms with Crippen LogP contribution in [0.3, 0.4) is 0 Å². The van der Waals surface area contributed by atoms with Gasteiger partial charge in [0.1, 0.15) is 12.0 Å². The molecule has 4 heteroatoms. The fourth-order valence-electron chi connectivity index (χ4n) is 0.0167. The van der Waals surface area contributed by atoms with Crippen molar-refractivity contribution >= 4 is 12.0 Å². The summed E-state index contributed by atoms with van der Waals surface area (Å²) in [5.74, 6) is 0. The molecule has 0 aromatic rings. The van der Waals surface area contributed by atoms with Crippen LogP contribution in [0.5, 0.6) is 0 Å². The van der Waals surface area contributed by atoms with Crippen molar-refractivity contribution in [3.05, 3.63) is 0 Å². The summed E-state index contributed by atoms with van der Waals surface area (Å²) in [5.41, 5.74) is 0. The number of rotatable bonds is 1. The standard InChI is InChI=1S/CHNO2S/c2-1-5-4-3/h3H. The largest absolute Gasteiger partial charge is 0.238 e. The molecule has 0 saturated heterocycles. The van der Waals surface area contributed by atoms with Gasteiger partial charge in [0.05, 0.1) is 0 Å². The maximum Gasteiger partial charge on any atom is 0.166 e. The van der Waals surface area contributed by atoms with Crippen molar-refractivity contribution in [2.45, 2.75) is 0 Å². The summed E-state index contributed by atoms with van der Waals surface area (Å²) in [6.45, 7) is 0. The van der Waals surface area contributed by atoms with E-state index in [0.717, 1.165) is 0 Å². The molecule has 0 fully saturated rings. The van der Waals surface area contributed by atoms with Gasteiger partial charge in [-0.2, -0.15) is 9.60 Å². The van der Waals surface area contributed by atoms with Crippen LogP contribution in [0.4, 0.5) is 0 Å². The zero-order chi connectivity index (χ0) is 4.12. The Morgan fingerprint density at radius 3 is 2.60 bits per heavy atom. The maximum atomic E-state index is 7.49. The SMILES string of the molecule is N#CSOO. The topological polar surface area (TPSA) is 53.2 Å². The molecular weight excluding hydrogens is 90.1 g/mol. The van der Waals surface area contributed by atoms with E-state index in [1.165, 1.54) is 5.40 Å². The van der Waals surface area contributed by atoms with E-state index in [1.807, 2.05) is 0 Å². The van der Waals surface area contributed by atoms with Crippen LogP contribution < -0.4 is 0 Å². The third-order valence-corrected chi connectivity index (χ3v) is 0.224. The molecule has 0 unspecified atom stereocenters. The molecule has 0 amide bonds. The lowest BCUT2D eigenvalue weighted by atomic mass is 11.8. The first kappa shape index (κ1) is 4.76. The molecule has 0 aliphatic heterocycles. The van der Waals surface area contributed by atoms with Crippen LogP contribution in [-0.2, 0) is 4.33 Å². The summed E-state index contributed by atoms with van der Waals surface area (Å²) in [5, 5.41) is 16.3. The summed E-state index contributed by atoms with van der Waals surface area (Å²) in [4.78, 5) is 0. The van der Waals surface area contributed by atoms with Gasteiger partial charge in [0.2, 0.25) is 0 Å². The summed E-state index contributed by atoms with van der Waals surface area (Å²) in [7, 11) is 0. The number of thiocyanates is 1. The molecule has 0 aromatic carbocycles. The van der Waals surface area contributed by atoms with E-state index in [-0.39, 0.29) is 0 Å². The highest BCUT2D eigenvalue weighted by atomic mass is 32.2. The van der Waals surface area contributed by atoms with Gasteiger partial charge in [-0.05, 0) is 0 Å². The van der Waals surface area contributed by atoms with Crippen LogP contribution in [0.2, 0.25) is 0 Å². The maximum absolute atomic E-state index is 7.49. The Bertz CT molecular complexity index is 48.1. The third kappa shape index (κ3) is 3.76. The first-order chi connectivity index (χ1) is 2.41. The van der Waals surface area contributed by atoms with Crippen LogP contribution in [-0.4, -0.2) is 5.26 Å². The van der Waals surface area contributed by atoms with Crippen LogP contribution in [0.25, 0.3) is 0 Å². The summed E-state index contributed by atoms with van der Waals surface area (Å²) < 4.78 is 3.25. The Morgan fingerprint density at radius 2 is 2.60 bits per heavy atom. The smallest absolute Gasteiger partial charge is 0.166 e. The lowest BCUT2D eigenvalue weighted by molar-refractivity contribution is -0.115. The van der Waals surface area contributed by atoms with Crippen LogP contribution in [0, 0.1) is 10.7 Å². The quantitative estimate of drug-likeness (QED) is 0.222. The van der Waals surface area contributed by atoms with Gasteiger partial charge in [-0.3, -0.25) is 0 Å². The van der Waals surface area contributed by atoms with E-state index in [2.05, 4.69) is 4.33 Å². The van der Waals surface area contributed by atoms with Crippen molar-refractivity contribution in [2.24, 2.45) is 0 Å². The van der Waals surface area contributed by atoms with Gasteiger partial charge in [-0.25, -0.2) is 5.26 Å². The molecule has 0 atom stereocenters. The van der Waals surface area contributed by atoms with Gasteiger partial charge in [-0.15, -0.1) is 0 Å². The van der Waals surface area contributed by atoms with E-state index < -0.39 is 0 Å². The first-order valence-electron chi connectivity index (χ1n) is 0.777. The number of hydrogen-bond acceptors (Lipinski definition) is 4. The molecular formula is CHNO2S. The zero-order valence-corrected chi connectivity index (χ0v) is 3.03. The highest BCUT2D eigenvalue weighted by molar-refractivity contribution is 7.99. The van der Waals surface area contributed by atoms with E-state index in [9.17, 15) is 0 Å². The zero-order valence-electron chi connectivity index (χ0n) is 2.21. The van der Waals surface area contributed by atoms with Gasteiger partial charge in [-0.1, -0.05) is 0 Å². The summed E-state index contributed by atoms with van der Waals surface area (Å²) in [6, 6.07) is 0. The fraction of sp³-hybridized carbons (Fsp3) is 0. The normalized spacial score (nSPS) is 6.40. The second-order valence-corrected chi connectivity index (χ2v) is 0.747. The molecule has 0 rings (SSSR count). The lowest BCUT2D eigenvalue weighted by Crippen LogP contribution is -1.55. The van der Waals surface area contributed by atoms with Crippen molar-refractivity contribution < 1.29 is 9.59 Å². The van der Waals surface area contributed by atoms with E-state index in [1.54, 1.807) is 0 Å². The van der Waals surface area contributed by atoms with E-state index in [0.29, 0.717) is 12.0 Å². The lowest BCUT2D eigenvalue weighted by Gasteiger charge is -1.67. The van der Waals surface area contributed by atoms with Gasteiger partial charge in [0.25, 0.3) is 0 Å². The monoisotopic (exact) mass is 91.0 g/mol. The average molecular weight is 91.1 g/mol. The molecule has 1 N–H and O–H groups in total. The molecule has 0 saturated carbocycles. The average Bonchev–Trinajstić information content (AvgIpc) is 1.41.